The summed E-state index contributed by atoms with van der Waals surface area (Å²) in [5.74, 6) is -2.34. The van der Waals surface area contributed by atoms with Gasteiger partial charge in [0.15, 0.2) is 12.4 Å². The summed E-state index contributed by atoms with van der Waals surface area (Å²) in [7, 11) is 5.90. The first-order valence-electron chi connectivity index (χ1n) is 33.9. The van der Waals surface area contributed by atoms with Crippen molar-refractivity contribution in [3.63, 3.8) is 0 Å². The van der Waals surface area contributed by atoms with E-state index in [1.54, 1.807) is 0 Å². The Bertz CT molecular complexity index is 2080. The Labute approximate surface area is 532 Å². The number of carbonyl (C=O) groups excluding carboxylic acids is 3. The second-order valence-corrected chi connectivity index (χ2v) is 23.0. The highest BCUT2D eigenvalue weighted by atomic mass is 16.7. The minimum atomic E-state index is -1.64. The van der Waals surface area contributed by atoms with E-state index in [9.17, 15) is 19.5 Å². The van der Waals surface area contributed by atoms with Crippen molar-refractivity contribution in [3.8, 4) is 0 Å². The van der Waals surface area contributed by atoms with Gasteiger partial charge in [-0.05, 0) is 135 Å². The number of rotatable bonds is 60. The second-order valence-electron chi connectivity index (χ2n) is 23.0. The van der Waals surface area contributed by atoms with E-state index in [-0.39, 0.29) is 38.6 Å². The summed E-state index contributed by atoms with van der Waals surface area (Å²) in [5, 5.41) is 11.8. The Morgan fingerprint density at radius 1 is 0.345 bits per heavy atom. The lowest BCUT2D eigenvalue weighted by Gasteiger charge is -2.26. The molecule has 0 heterocycles. The number of hydrogen-bond acceptors (Lipinski definition) is 8. The van der Waals surface area contributed by atoms with E-state index in [0.717, 1.165) is 161 Å². The van der Waals surface area contributed by atoms with Crippen LogP contribution in [0.2, 0.25) is 0 Å². The van der Waals surface area contributed by atoms with Crippen molar-refractivity contribution < 1.29 is 42.9 Å². The summed E-state index contributed by atoms with van der Waals surface area (Å²) >= 11 is 0. The van der Waals surface area contributed by atoms with Crippen molar-refractivity contribution in [2.24, 2.45) is 0 Å². The van der Waals surface area contributed by atoms with Gasteiger partial charge in [-0.15, -0.1) is 0 Å². The number of hydrogen-bond donors (Lipinski definition) is 0. The zero-order valence-corrected chi connectivity index (χ0v) is 55.6. The summed E-state index contributed by atoms with van der Waals surface area (Å²) < 4.78 is 22.7. The molecule has 0 N–H and O–H groups in total. The van der Waals surface area contributed by atoms with Crippen LogP contribution in [-0.2, 0) is 33.3 Å². The molecular weight excluding hydrogens is 1080 g/mol. The van der Waals surface area contributed by atoms with Crippen molar-refractivity contribution in [2.75, 3.05) is 47.5 Å². The quantitative estimate of drug-likeness (QED) is 0.0195. The predicted octanol–water partition coefficient (Wildman–Crippen LogP) is 19.9. The van der Waals surface area contributed by atoms with Gasteiger partial charge in [0.2, 0.25) is 0 Å². The lowest BCUT2D eigenvalue weighted by atomic mass is 10.1. The van der Waals surface area contributed by atoms with Gasteiger partial charge < -0.3 is 33.3 Å². The minimum absolute atomic E-state index is 0.132. The molecule has 0 saturated carbocycles. The fraction of sp³-hybridized carbons (Fsp3) is 0.577. The molecule has 2 atom stereocenters. The predicted molar refractivity (Wildman–Crippen MR) is 370 cm³/mol. The molecule has 0 saturated heterocycles. The van der Waals surface area contributed by atoms with Crippen LogP contribution in [0, 0.1) is 0 Å². The smallest absolute Gasteiger partial charge is 0.306 e. The molecule has 0 aromatic heterocycles. The first-order valence-corrected chi connectivity index (χ1v) is 33.9. The molecule has 0 aliphatic heterocycles. The van der Waals surface area contributed by atoms with Crippen molar-refractivity contribution in [1.29, 1.82) is 0 Å². The lowest BCUT2D eigenvalue weighted by molar-refractivity contribution is -0.870. The molecule has 488 valence electrons. The van der Waals surface area contributed by atoms with Gasteiger partial charge in [-0.2, -0.15) is 0 Å². The van der Waals surface area contributed by atoms with Gasteiger partial charge in [-0.3, -0.25) is 9.59 Å². The molecule has 87 heavy (non-hydrogen) atoms. The van der Waals surface area contributed by atoms with E-state index < -0.39 is 24.3 Å². The minimum Gasteiger partial charge on any atom is -0.545 e. The first kappa shape index (κ1) is 81.4. The normalized spacial score (nSPS) is 13.9. The van der Waals surface area contributed by atoms with E-state index >= 15 is 0 Å². The van der Waals surface area contributed by atoms with Crippen LogP contribution >= 0.6 is 0 Å². The average molecular weight is 1200 g/mol. The Morgan fingerprint density at radius 3 is 0.920 bits per heavy atom. The van der Waals surface area contributed by atoms with E-state index in [4.69, 9.17) is 18.9 Å². The molecule has 0 amide bonds. The Hall–Kier alpha value is -5.61. The topological polar surface area (TPSA) is 111 Å². The molecule has 0 bridgehead atoms. The third kappa shape index (κ3) is 67.8. The van der Waals surface area contributed by atoms with Crippen LogP contribution in [0.25, 0.3) is 0 Å². The zero-order valence-electron chi connectivity index (χ0n) is 55.6. The van der Waals surface area contributed by atoms with E-state index in [0.29, 0.717) is 17.4 Å². The molecule has 0 spiro atoms. The molecule has 9 heteroatoms. The molecule has 0 radical (unpaired) electrons. The number of unbranched alkanes of at least 4 members (excludes halogenated alkanes) is 15. The van der Waals surface area contributed by atoms with Gasteiger partial charge in [0.05, 0.1) is 40.3 Å². The zero-order chi connectivity index (χ0) is 63.3. The maximum Gasteiger partial charge on any atom is 0.306 e. The van der Waals surface area contributed by atoms with Crippen molar-refractivity contribution >= 4 is 17.9 Å². The van der Waals surface area contributed by atoms with Crippen LogP contribution in [0.3, 0.4) is 0 Å². The molecule has 0 fully saturated rings. The third-order valence-corrected chi connectivity index (χ3v) is 13.6. The molecule has 0 aliphatic rings. The van der Waals surface area contributed by atoms with E-state index in [2.05, 4.69) is 196 Å². The molecule has 0 aliphatic carbocycles. The first-order chi connectivity index (χ1) is 42.6. The number of esters is 2. The Morgan fingerprint density at radius 2 is 0.621 bits per heavy atom. The highest BCUT2D eigenvalue weighted by Crippen LogP contribution is 2.15. The summed E-state index contributed by atoms with van der Waals surface area (Å²) in [6.45, 7) is 4.47. The van der Waals surface area contributed by atoms with Gasteiger partial charge in [-0.25, -0.2) is 0 Å². The molecular formula is C78H123NO8. The number of allylic oxidation sites excluding steroid dienone is 30. The van der Waals surface area contributed by atoms with Crippen LogP contribution in [-0.4, -0.2) is 82.3 Å². The summed E-state index contributed by atoms with van der Waals surface area (Å²) in [6, 6.07) is 0. The van der Waals surface area contributed by atoms with Crippen molar-refractivity contribution in [2.45, 2.75) is 245 Å². The van der Waals surface area contributed by atoms with Crippen LogP contribution in [0.1, 0.15) is 232 Å². The standard InChI is InChI=1S/C78H123NO8/c1-6-8-10-12-14-16-18-20-22-24-26-28-30-32-34-36-37-38-39-41-43-45-47-49-51-53-55-57-59-61-63-65-67-69-76(81)87-74(73-86-78(77(82)83)84-71-70-79(3,4)5)72-85-75(80)68-66-64-62-60-58-56-54-52-50-48-46-44-42-40-35-33-31-29-27-25-23-21-19-17-15-13-11-9-7-2/h8-11,14-17,20-23,26-29,32-35,37-38,41-44,47,49,53,55,74,78H,6-7,12-13,18-19,24-25,30-31,36,39-40,45-46,48,50-52,54,56-73H2,1-5H3/b10-8-,11-9-,16-14-,17-15-,22-20-,23-21-,28-26-,29-27-,34-32-,35-33-,38-37-,43-41-,44-42-,49-47-,55-53-. The Balaban J connectivity index is 4.28. The maximum absolute atomic E-state index is 12.9. The van der Waals surface area contributed by atoms with Crippen LogP contribution < -0.4 is 5.11 Å². The molecule has 0 rings (SSSR count). The van der Waals surface area contributed by atoms with Crippen LogP contribution in [0.4, 0.5) is 0 Å². The fourth-order valence-electron chi connectivity index (χ4n) is 8.53. The average Bonchev–Trinajstić information content (AvgIpc) is 3.59. The molecule has 0 aromatic carbocycles. The third-order valence-electron chi connectivity index (χ3n) is 13.6. The van der Waals surface area contributed by atoms with Gasteiger partial charge in [0, 0.05) is 12.8 Å². The van der Waals surface area contributed by atoms with Crippen molar-refractivity contribution in [3.05, 3.63) is 182 Å². The van der Waals surface area contributed by atoms with Gasteiger partial charge in [0.1, 0.15) is 13.2 Å². The summed E-state index contributed by atoms with van der Waals surface area (Å²) in [4.78, 5) is 37.5. The number of carboxylic acid groups (broad SMARTS) is 1. The number of likely N-dealkylation sites (N-methyl/N-ethyl adjacent to an activating group) is 1. The highest BCUT2D eigenvalue weighted by molar-refractivity contribution is 5.70. The van der Waals surface area contributed by atoms with Gasteiger partial charge >= 0.3 is 11.9 Å². The van der Waals surface area contributed by atoms with Gasteiger partial charge in [0.25, 0.3) is 0 Å². The van der Waals surface area contributed by atoms with Gasteiger partial charge in [-0.1, -0.05) is 267 Å². The molecule has 9 nitrogen and oxygen atoms in total. The number of quaternary nitrogens is 1. The Kier molecular flexibility index (Phi) is 62.1. The summed E-state index contributed by atoms with van der Waals surface area (Å²) in [5.41, 5.74) is 0. The maximum atomic E-state index is 12.9. The van der Waals surface area contributed by atoms with Crippen LogP contribution in [0.5, 0.6) is 0 Å². The molecule has 2 unspecified atom stereocenters. The number of carbonyl (C=O) groups is 3. The van der Waals surface area contributed by atoms with E-state index in [1.165, 1.54) is 38.5 Å². The number of aliphatic carboxylic acids is 1. The lowest BCUT2D eigenvalue weighted by Crippen LogP contribution is -2.44. The molecule has 0 aromatic rings. The van der Waals surface area contributed by atoms with E-state index in [1.807, 2.05) is 21.1 Å². The highest BCUT2D eigenvalue weighted by Gasteiger charge is 2.22. The fourth-order valence-corrected chi connectivity index (χ4v) is 8.53. The summed E-state index contributed by atoms with van der Waals surface area (Å²) in [6.07, 6.45) is 98.1. The van der Waals surface area contributed by atoms with Crippen molar-refractivity contribution in [1.82, 2.24) is 0 Å². The number of nitrogens with zero attached hydrogens (tertiary/aromatic N) is 1. The number of ether oxygens (including phenoxy) is 4. The SMILES string of the molecule is CC/C=C\C/C=C\C/C=C\C/C=C\C/C=C\C/C=C\C/C=C\C/C=C\C/C=C\CCCCCCCC(=O)OC(COC(=O)CCCCCCCCCCCC/C=C\C/C=C\C/C=C\C/C=C\C/C=C\C/C=C\CC)COC(OCC[N+](C)(C)C)C(=O)[O-]. The van der Waals surface area contributed by atoms with Crippen LogP contribution in [0.15, 0.2) is 182 Å². The number of carboxylic acids is 1. The largest absolute Gasteiger partial charge is 0.545 e. The second kappa shape index (κ2) is 66.3. The monoisotopic (exact) mass is 1200 g/mol.